The summed E-state index contributed by atoms with van der Waals surface area (Å²) in [6, 6.07) is 7.55. The SMILES string of the molecule is CCN(C[C@H]1COc2ccccc2O1)C(=O)C[NH+]1CCNC(=O)C1. The summed E-state index contributed by atoms with van der Waals surface area (Å²) in [6.07, 6.45) is -0.177. The number of ether oxygens (including phenoxy) is 2. The lowest BCUT2D eigenvalue weighted by Gasteiger charge is -2.31. The van der Waals surface area contributed by atoms with E-state index in [1.165, 1.54) is 0 Å². The van der Waals surface area contributed by atoms with Crippen LogP contribution in [0.3, 0.4) is 0 Å². The van der Waals surface area contributed by atoms with Gasteiger partial charge in [0.15, 0.2) is 30.7 Å². The van der Waals surface area contributed by atoms with Crippen LogP contribution in [0.2, 0.25) is 0 Å². The average molecular weight is 334 g/mol. The number of carbonyl (C=O) groups is 2. The highest BCUT2D eigenvalue weighted by molar-refractivity contribution is 5.79. The molecule has 7 heteroatoms. The fourth-order valence-corrected chi connectivity index (χ4v) is 3.04. The van der Waals surface area contributed by atoms with E-state index in [-0.39, 0.29) is 17.9 Å². The molecule has 2 N–H and O–H groups in total. The minimum atomic E-state index is -0.177. The van der Waals surface area contributed by atoms with E-state index in [9.17, 15) is 9.59 Å². The predicted molar refractivity (Wildman–Crippen MR) is 87.2 cm³/mol. The fourth-order valence-electron chi connectivity index (χ4n) is 3.04. The van der Waals surface area contributed by atoms with Gasteiger partial charge < -0.3 is 24.6 Å². The lowest BCUT2D eigenvalue weighted by molar-refractivity contribution is -0.885. The first-order chi connectivity index (χ1) is 11.7. The van der Waals surface area contributed by atoms with Gasteiger partial charge in [0.05, 0.1) is 19.6 Å². The smallest absolute Gasteiger partial charge is 0.277 e. The van der Waals surface area contributed by atoms with Gasteiger partial charge in [-0.3, -0.25) is 9.59 Å². The van der Waals surface area contributed by atoms with Gasteiger partial charge in [0, 0.05) is 6.54 Å². The maximum Gasteiger partial charge on any atom is 0.277 e. The monoisotopic (exact) mass is 334 g/mol. The van der Waals surface area contributed by atoms with Crippen LogP contribution in [0.5, 0.6) is 11.5 Å². The second-order valence-corrected chi connectivity index (χ2v) is 6.13. The second-order valence-electron chi connectivity index (χ2n) is 6.13. The number of nitrogens with zero attached hydrogens (tertiary/aromatic N) is 1. The van der Waals surface area contributed by atoms with Crippen molar-refractivity contribution in [1.82, 2.24) is 10.2 Å². The van der Waals surface area contributed by atoms with Crippen LogP contribution in [-0.2, 0) is 9.59 Å². The summed E-state index contributed by atoms with van der Waals surface area (Å²) in [5.74, 6) is 1.51. The number of hydrogen-bond acceptors (Lipinski definition) is 4. The van der Waals surface area contributed by atoms with Gasteiger partial charge in [0.2, 0.25) is 0 Å². The maximum atomic E-state index is 12.5. The van der Waals surface area contributed by atoms with Gasteiger partial charge in [0.1, 0.15) is 6.61 Å². The van der Waals surface area contributed by atoms with Crippen molar-refractivity contribution >= 4 is 11.8 Å². The molecule has 2 amide bonds. The molecule has 0 spiro atoms. The van der Waals surface area contributed by atoms with Gasteiger partial charge in [0.25, 0.3) is 11.8 Å². The van der Waals surface area contributed by atoms with Crippen LogP contribution in [0.4, 0.5) is 0 Å². The molecule has 24 heavy (non-hydrogen) atoms. The molecule has 1 unspecified atom stereocenters. The molecule has 1 fully saturated rings. The molecule has 130 valence electrons. The summed E-state index contributed by atoms with van der Waals surface area (Å²) in [6.45, 7) is 5.59. The molecular formula is C17H24N3O4+. The van der Waals surface area contributed by atoms with Gasteiger partial charge >= 0.3 is 0 Å². The van der Waals surface area contributed by atoms with E-state index in [1.807, 2.05) is 31.2 Å². The van der Waals surface area contributed by atoms with E-state index in [0.717, 1.165) is 22.9 Å². The first kappa shape index (κ1) is 16.6. The van der Waals surface area contributed by atoms with E-state index >= 15 is 0 Å². The number of quaternary nitrogens is 1. The standard InChI is InChI=1S/C17H23N3O4/c1-2-20(17(22)11-19-8-7-18-16(21)10-19)9-13-12-23-14-5-3-4-6-15(14)24-13/h3-6,13H,2,7-12H2,1H3,(H,18,21)/p+1/t13-/m0/s1. The Hall–Kier alpha value is -2.28. The first-order valence-corrected chi connectivity index (χ1v) is 8.42. The Bertz CT molecular complexity index is 607. The van der Waals surface area contributed by atoms with Crippen molar-refractivity contribution < 1.29 is 24.0 Å². The van der Waals surface area contributed by atoms with Crippen molar-refractivity contribution in [2.45, 2.75) is 13.0 Å². The zero-order valence-corrected chi connectivity index (χ0v) is 13.9. The van der Waals surface area contributed by atoms with Gasteiger partial charge in [-0.1, -0.05) is 12.1 Å². The molecule has 1 aromatic carbocycles. The molecule has 0 aliphatic carbocycles. The van der Waals surface area contributed by atoms with Crippen LogP contribution in [-0.4, -0.2) is 68.7 Å². The Kier molecular flexibility index (Phi) is 5.20. The Morgan fingerprint density at radius 3 is 2.92 bits per heavy atom. The Labute approximate surface area is 141 Å². The van der Waals surface area contributed by atoms with Gasteiger partial charge in [-0.2, -0.15) is 0 Å². The topological polar surface area (TPSA) is 72.3 Å². The minimum Gasteiger partial charge on any atom is -0.486 e. The summed E-state index contributed by atoms with van der Waals surface area (Å²) in [7, 11) is 0. The normalized spacial score (nSPS) is 22.6. The predicted octanol–water partition coefficient (Wildman–Crippen LogP) is -1.31. The van der Waals surface area contributed by atoms with E-state index < -0.39 is 0 Å². The molecule has 0 bridgehead atoms. The quantitative estimate of drug-likeness (QED) is 0.701. The lowest BCUT2D eigenvalue weighted by atomic mass is 10.2. The minimum absolute atomic E-state index is 0.00715. The Morgan fingerprint density at radius 2 is 2.17 bits per heavy atom. The number of para-hydroxylation sites is 2. The Morgan fingerprint density at radius 1 is 1.38 bits per heavy atom. The lowest BCUT2D eigenvalue weighted by Crippen LogP contribution is -3.16. The number of nitrogens with one attached hydrogen (secondary N) is 2. The number of amides is 2. The molecule has 1 saturated heterocycles. The number of carbonyl (C=O) groups excluding carboxylic acids is 2. The van der Waals surface area contributed by atoms with Crippen LogP contribution in [0.1, 0.15) is 6.92 Å². The van der Waals surface area contributed by atoms with E-state index in [1.54, 1.807) is 4.90 Å². The molecule has 2 aliphatic rings. The van der Waals surface area contributed by atoms with Crippen molar-refractivity contribution in [3.8, 4) is 11.5 Å². The second kappa shape index (κ2) is 7.53. The molecule has 0 radical (unpaired) electrons. The number of benzene rings is 1. The zero-order chi connectivity index (χ0) is 16.9. The van der Waals surface area contributed by atoms with E-state index in [2.05, 4.69) is 5.32 Å². The van der Waals surface area contributed by atoms with Crippen molar-refractivity contribution in [2.75, 3.05) is 45.9 Å². The highest BCUT2D eigenvalue weighted by atomic mass is 16.6. The summed E-state index contributed by atoms with van der Waals surface area (Å²) in [5, 5.41) is 2.78. The number of fused-ring (bicyclic) bond motifs is 1. The fraction of sp³-hybridized carbons (Fsp3) is 0.529. The van der Waals surface area contributed by atoms with Crippen molar-refractivity contribution in [3.05, 3.63) is 24.3 Å². The van der Waals surface area contributed by atoms with Gasteiger partial charge in [-0.05, 0) is 19.1 Å². The summed E-state index contributed by atoms with van der Waals surface area (Å²) < 4.78 is 11.6. The molecule has 0 aromatic heterocycles. The number of likely N-dealkylation sites (N-methyl/N-ethyl adjacent to an activating group) is 1. The van der Waals surface area contributed by atoms with E-state index in [0.29, 0.717) is 39.3 Å². The third kappa shape index (κ3) is 3.97. The van der Waals surface area contributed by atoms with Crippen LogP contribution < -0.4 is 19.7 Å². The highest BCUT2D eigenvalue weighted by Gasteiger charge is 2.28. The molecule has 2 heterocycles. The van der Waals surface area contributed by atoms with Crippen molar-refractivity contribution in [2.24, 2.45) is 0 Å². The van der Waals surface area contributed by atoms with Crippen LogP contribution >= 0.6 is 0 Å². The number of hydrogen-bond donors (Lipinski definition) is 2. The zero-order valence-electron chi connectivity index (χ0n) is 13.9. The van der Waals surface area contributed by atoms with Crippen LogP contribution in [0.25, 0.3) is 0 Å². The van der Waals surface area contributed by atoms with Crippen molar-refractivity contribution in [3.63, 3.8) is 0 Å². The molecule has 3 rings (SSSR count). The van der Waals surface area contributed by atoms with Crippen LogP contribution in [0.15, 0.2) is 24.3 Å². The molecule has 1 aromatic rings. The number of piperazine rings is 1. The molecule has 2 aliphatic heterocycles. The average Bonchev–Trinajstić information content (AvgIpc) is 2.59. The molecule has 0 saturated carbocycles. The van der Waals surface area contributed by atoms with Crippen molar-refractivity contribution in [1.29, 1.82) is 0 Å². The highest BCUT2D eigenvalue weighted by Crippen LogP contribution is 2.30. The third-order valence-corrected chi connectivity index (χ3v) is 4.34. The molecular weight excluding hydrogens is 310 g/mol. The first-order valence-electron chi connectivity index (χ1n) is 8.42. The molecule has 7 nitrogen and oxygen atoms in total. The summed E-state index contributed by atoms with van der Waals surface area (Å²) >= 11 is 0. The summed E-state index contributed by atoms with van der Waals surface area (Å²) in [5.41, 5.74) is 0. The Balaban J connectivity index is 1.54. The van der Waals surface area contributed by atoms with Gasteiger partial charge in [-0.15, -0.1) is 0 Å². The molecule has 2 atom stereocenters. The third-order valence-electron chi connectivity index (χ3n) is 4.34. The number of rotatable bonds is 5. The maximum absolute atomic E-state index is 12.5. The largest absolute Gasteiger partial charge is 0.486 e. The summed E-state index contributed by atoms with van der Waals surface area (Å²) in [4.78, 5) is 26.8. The van der Waals surface area contributed by atoms with Crippen LogP contribution in [0, 0.1) is 0 Å². The van der Waals surface area contributed by atoms with E-state index in [4.69, 9.17) is 9.47 Å². The van der Waals surface area contributed by atoms with Gasteiger partial charge in [-0.25, -0.2) is 0 Å².